The Morgan fingerprint density at radius 2 is 1.86 bits per heavy atom. The molecule has 0 aliphatic carbocycles. The van der Waals surface area contributed by atoms with E-state index in [4.69, 9.17) is 4.74 Å². The zero-order valence-electron chi connectivity index (χ0n) is 17.0. The fourth-order valence-corrected chi connectivity index (χ4v) is 4.15. The van der Waals surface area contributed by atoms with Crippen LogP contribution < -0.4 is 10.6 Å². The molecule has 0 saturated carbocycles. The molecular weight excluding hydrogens is 397 g/mol. The number of hydrogen-bond donors (Lipinski definition) is 2. The number of nitrogens with one attached hydrogen (secondary N) is 2. The topological polar surface area (TPSA) is 53.6 Å². The van der Waals surface area contributed by atoms with Crippen molar-refractivity contribution >= 4 is 36.4 Å². The van der Waals surface area contributed by atoms with Crippen LogP contribution in [-0.2, 0) is 16.1 Å². The minimum atomic E-state index is 0. The first-order chi connectivity index (χ1) is 12.6. The highest BCUT2D eigenvalue weighted by Gasteiger charge is 2.22. The van der Waals surface area contributed by atoms with Gasteiger partial charge in [-0.15, -0.1) is 24.8 Å². The number of amides is 1. The fourth-order valence-electron chi connectivity index (χ4n) is 4.15. The summed E-state index contributed by atoms with van der Waals surface area (Å²) in [5.74, 6) is 0.827. The second-order valence-corrected chi connectivity index (χ2v) is 7.93. The Balaban J connectivity index is 0.00000196. The molecule has 2 N–H and O–H groups in total. The van der Waals surface area contributed by atoms with Gasteiger partial charge in [0.1, 0.15) is 0 Å². The van der Waals surface area contributed by atoms with Gasteiger partial charge in [0.2, 0.25) is 5.91 Å². The van der Waals surface area contributed by atoms with Crippen molar-refractivity contribution in [3.05, 3.63) is 29.8 Å². The van der Waals surface area contributed by atoms with Gasteiger partial charge in [0, 0.05) is 31.7 Å². The van der Waals surface area contributed by atoms with Gasteiger partial charge in [-0.1, -0.05) is 12.1 Å². The zero-order chi connectivity index (χ0) is 18.4. The lowest BCUT2D eigenvalue weighted by Gasteiger charge is -2.35. The van der Waals surface area contributed by atoms with Gasteiger partial charge in [-0.2, -0.15) is 0 Å². The number of piperidine rings is 1. The molecule has 5 nitrogen and oxygen atoms in total. The summed E-state index contributed by atoms with van der Waals surface area (Å²) in [6.45, 7) is 9.24. The van der Waals surface area contributed by atoms with E-state index in [1.165, 1.54) is 18.4 Å². The van der Waals surface area contributed by atoms with E-state index in [2.05, 4.69) is 41.5 Å². The zero-order valence-corrected chi connectivity index (χ0v) is 18.6. The Hall–Kier alpha value is -0.850. The summed E-state index contributed by atoms with van der Waals surface area (Å²) in [5.41, 5.74) is 2.15. The summed E-state index contributed by atoms with van der Waals surface area (Å²) >= 11 is 0. The van der Waals surface area contributed by atoms with Gasteiger partial charge in [0.15, 0.2) is 0 Å². The van der Waals surface area contributed by atoms with Gasteiger partial charge in [0.25, 0.3) is 0 Å². The maximum atomic E-state index is 12.3. The van der Waals surface area contributed by atoms with Crippen LogP contribution >= 0.6 is 24.8 Å². The number of morpholine rings is 1. The lowest BCUT2D eigenvalue weighted by atomic mass is 9.93. The van der Waals surface area contributed by atoms with Crippen LogP contribution in [0.5, 0.6) is 0 Å². The molecule has 160 valence electrons. The molecule has 1 amide bonds. The highest BCUT2D eigenvalue weighted by Crippen LogP contribution is 2.20. The number of benzene rings is 1. The molecule has 1 aromatic rings. The summed E-state index contributed by atoms with van der Waals surface area (Å²) < 4.78 is 5.80. The second-order valence-electron chi connectivity index (χ2n) is 7.93. The average molecular weight is 432 g/mol. The molecule has 3 rings (SSSR count). The third kappa shape index (κ3) is 8.26. The van der Waals surface area contributed by atoms with Crippen molar-refractivity contribution in [2.75, 3.05) is 31.5 Å². The summed E-state index contributed by atoms with van der Waals surface area (Å²) in [6.07, 6.45) is 4.55. The lowest BCUT2D eigenvalue weighted by molar-refractivity contribution is -0.116. The summed E-state index contributed by atoms with van der Waals surface area (Å²) in [6, 6.07) is 8.25. The number of rotatable bonds is 6. The van der Waals surface area contributed by atoms with E-state index < -0.39 is 0 Å². The van der Waals surface area contributed by atoms with Gasteiger partial charge in [0.05, 0.1) is 12.2 Å². The van der Waals surface area contributed by atoms with Crippen molar-refractivity contribution < 1.29 is 9.53 Å². The van der Waals surface area contributed by atoms with Crippen LogP contribution in [0.2, 0.25) is 0 Å². The highest BCUT2D eigenvalue weighted by atomic mass is 35.5. The number of halogens is 2. The fraction of sp³-hybridized carbons (Fsp3) is 0.667. The summed E-state index contributed by atoms with van der Waals surface area (Å²) in [4.78, 5) is 14.7. The van der Waals surface area contributed by atoms with Crippen LogP contribution in [0, 0.1) is 5.92 Å². The quantitative estimate of drug-likeness (QED) is 0.717. The van der Waals surface area contributed by atoms with Crippen LogP contribution in [0.15, 0.2) is 24.3 Å². The van der Waals surface area contributed by atoms with Crippen LogP contribution in [0.3, 0.4) is 0 Å². The molecule has 0 aromatic heterocycles. The van der Waals surface area contributed by atoms with Gasteiger partial charge in [-0.3, -0.25) is 9.69 Å². The van der Waals surface area contributed by atoms with Crippen molar-refractivity contribution in [2.24, 2.45) is 5.92 Å². The van der Waals surface area contributed by atoms with E-state index in [1.807, 2.05) is 12.1 Å². The molecule has 1 aromatic carbocycles. The minimum Gasteiger partial charge on any atom is -0.373 e. The van der Waals surface area contributed by atoms with Gasteiger partial charge in [-0.25, -0.2) is 0 Å². The maximum Gasteiger partial charge on any atom is 0.224 e. The first-order valence-corrected chi connectivity index (χ1v) is 10.1. The molecular formula is C21H35Cl2N3O2. The summed E-state index contributed by atoms with van der Waals surface area (Å²) in [5, 5.41) is 6.45. The van der Waals surface area contributed by atoms with Crippen molar-refractivity contribution in [1.29, 1.82) is 0 Å². The summed E-state index contributed by atoms with van der Waals surface area (Å²) in [7, 11) is 0. The molecule has 28 heavy (non-hydrogen) atoms. The van der Waals surface area contributed by atoms with Gasteiger partial charge < -0.3 is 15.4 Å². The van der Waals surface area contributed by atoms with Crippen LogP contribution in [0.1, 0.15) is 45.1 Å². The van der Waals surface area contributed by atoms with Crippen molar-refractivity contribution in [3.63, 3.8) is 0 Å². The average Bonchev–Trinajstić information content (AvgIpc) is 2.60. The predicted octanol–water partition coefficient (Wildman–Crippen LogP) is 3.86. The van der Waals surface area contributed by atoms with Crippen molar-refractivity contribution in [1.82, 2.24) is 10.2 Å². The molecule has 0 spiro atoms. The first-order valence-electron chi connectivity index (χ1n) is 10.1. The number of nitrogens with zero attached hydrogens (tertiary/aromatic N) is 1. The third-order valence-corrected chi connectivity index (χ3v) is 5.35. The van der Waals surface area contributed by atoms with Crippen LogP contribution in [0.4, 0.5) is 5.69 Å². The van der Waals surface area contributed by atoms with E-state index in [-0.39, 0.29) is 42.9 Å². The molecule has 2 aliphatic heterocycles. The molecule has 2 atom stereocenters. The maximum absolute atomic E-state index is 12.3. The minimum absolute atomic E-state index is 0. The van der Waals surface area contributed by atoms with Crippen molar-refractivity contribution in [3.8, 4) is 0 Å². The monoisotopic (exact) mass is 431 g/mol. The number of carbonyl (C=O) groups excluding carboxylic acids is 1. The van der Waals surface area contributed by atoms with Gasteiger partial charge in [-0.05, 0) is 69.8 Å². The lowest BCUT2D eigenvalue weighted by Crippen LogP contribution is -2.44. The predicted molar refractivity (Wildman–Crippen MR) is 120 cm³/mol. The van der Waals surface area contributed by atoms with Crippen LogP contribution in [0.25, 0.3) is 0 Å². The Bertz CT molecular complexity index is 587. The second kappa shape index (κ2) is 12.7. The normalized spacial score (nSPS) is 23.4. The molecule has 0 bridgehead atoms. The molecule has 2 fully saturated rings. The Morgan fingerprint density at radius 3 is 2.54 bits per heavy atom. The van der Waals surface area contributed by atoms with Crippen molar-refractivity contribution in [2.45, 2.75) is 58.3 Å². The molecule has 2 unspecified atom stereocenters. The standard InChI is InChI=1S/C21H33N3O2.2ClH/c1-16-13-24(14-17(2)26-16)15-19-4-3-5-20(12-19)23-21(25)7-6-18-8-10-22-11-9-18;;/h3-5,12,16-18,22H,6-11,13-15H2,1-2H3,(H,23,25);2*1H. The van der Waals surface area contributed by atoms with Gasteiger partial charge >= 0.3 is 0 Å². The molecule has 2 heterocycles. The Kier molecular flexibility index (Phi) is 11.4. The van der Waals surface area contributed by atoms with E-state index in [1.54, 1.807) is 0 Å². The molecule has 0 radical (unpaired) electrons. The molecule has 7 heteroatoms. The SMILES string of the molecule is CC1CN(Cc2cccc(NC(=O)CCC3CCNCC3)c2)CC(C)O1.Cl.Cl. The van der Waals surface area contributed by atoms with E-state index in [0.717, 1.165) is 44.8 Å². The number of ether oxygens (including phenoxy) is 1. The Morgan fingerprint density at radius 1 is 1.18 bits per heavy atom. The third-order valence-electron chi connectivity index (χ3n) is 5.35. The van der Waals surface area contributed by atoms with E-state index >= 15 is 0 Å². The number of anilines is 1. The number of hydrogen-bond acceptors (Lipinski definition) is 4. The largest absolute Gasteiger partial charge is 0.373 e. The smallest absolute Gasteiger partial charge is 0.224 e. The van der Waals surface area contributed by atoms with E-state index in [9.17, 15) is 4.79 Å². The first kappa shape index (κ1) is 25.2. The van der Waals surface area contributed by atoms with Crippen LogP contribution in [-0.4, -0.2) is 49.2 Å². The molecule has 2 saturated heterocycles. The van der Waals surface area contributed by atoms with E-state index in [0.29, 0.717) is 12.3 Å². The Labute approximate surface area is 181 Å². The molecule has 2 aliphatic rings. The highest BCUT2D eigenvalue weighted by molar-refractivity contribution is 5.90. The number of carbonyl (C=O) groups is 1.